The fourth-order valence-electron chi connectivity index (χ4n) is 1.01. The Bertz CT molecular complexity index is 543. The highest BCUT2D eigenvalue weighted by Crippen LogP contribution is 2.22. The standard InChI is InChI=1S/C9H8N2O4S/c1-15-9(12)8(11-10)16(13,14)7-5-3-2-4-6-7/h2-6H,1H3/p+1/b9-8+. The number of hydrogen-bond donors (Lipinski definition) is 1. The van der Waals surface area contributed by atoms with E-state index in [0.717, 1.165) is 7.11 Å². The molecule has 0 bridgehead atoms. The highest BCUT2D eigenvalue weighted by molar-refractivity contribution is 7.95. The van der Waals surface area contributed by atoms with Gasteiger partial charge in [-0.25, -0.2) is 8.42 Å². The first kappa shape index (κ1) is 12.0. The van der Waals surface area contributed by atoms with Gasteiger partial charge in [0.1, 0.15) is 0 Å². The van der Waals surface area contributed by atoms with Crippen LogP contribution in [0, 0.1) is 5.39 Å². The van der Waals surface area contributed by atoms with Gasteiger partial charge in [0.15, 0.2) is 4.98 Å². The number of hydrogen-bond acceptors (Lipinski definition) is 5. The highest BCUT2D eigenvalue weighted by atomic mass is 32.2. The smallest absolute Gasteiger partial charge is 0.475 e. The Morgan fingerprint density at radius 3 is 2.38 bits per heavy atom. The first-order valence-corrected chi connectivity index (χ1v) is 5.65. The van der Waals surface area contributed by atoms with E-state index >= 15 is 0 Å². The summed E-state index contributed by atoms with van der Waals surface area (Å²) >= 11 is 0. The maximum absolute atomic E-state index is 11.8. The van der Waals surface area contributed by atoms with Crippen molar-refractivity contribution in [2.45, 2.75) is 4.90 Å². The lowest BCUT2D eigenvalue weighted by Crippen LogP contribution is -2.06. The number of rotatable bonds is 3. The van der Waals surface area contributed by atoms with Gasteiger partial charge in [0, 0.05) is 0 Å². The molecule has 0 aliphatic rings. The molecule has 1 aromatic rings. The molecule has 1 aromatic carbocycles. The minimum Gasteiger partial charge on any atom is -0.475 e. The SMILES string of the molecule is CO/C(O)=C(\[N+]#N)S(=O)(=O)c1ccccc1. The van der Waals surface area contributed by atoms with E-state index in [1.54, 1.807) is 6.07 Å². The van der Waals surface area contributed by atoms with Gasteiger partial charge in [0.25, 0.3) is 9.84 Å². The molecule has 0 aliphatic carbocycles. The van der Waals surface area contributed by atoms with Crippen LogP contribution in [0.4, 0.5) is 0 Å². The second-order valence-electron chi connectivity index (χ2n) is 2.73. The summed E-state index contributed by atoms with van der Waals surface area (Å²) < 4.78 is 27.9. The van der Waals surface area contributed by atoms with E-state index in [1.165, 1.54) is 24.3 Å². The first-order chi connectivity index (χ1) is 7.54. The molecule has 0 unspecified atom stereocenters. The van der Waals surface area contributed by atoms with Crippen molar-refractivity contribution >= 4 is 9.84 Å². The van der Waals surface area contributed by atoms with E-state index in [-0.39, 0.29) is 4.90 Å². The molecule has 0 radical (unpaired) electrons. The van der Waals surface area contributed by atoms with Crippen LogP contribution in [0.3, 0.4) is 0 Å². The third kappa shape index (κ3) is 2.12. The number of ether oxygens (including phenoxy) is 1. The molecule has 84 valence electrons. The normalized spacial score (nSPS) is 12.5. The Morgan fingerprint density at radius 2 is 1.94 bits per heavy atom. The summed E-state index contributed by atoms with van der Waals surface area (Å²) in [5.74, 6) is -0.966. The van der Waals surface area contributed by atoms with Crippen molar-refractivity contribution in [3.8, 4) is 0 Å². The molecule has 0 amide bonds. The topological polar surface area (TPSA) is 91.8 Å². The zero-order valence-electron chi connectivity index (χ0n) is 8.36. The average Bonchev–Trinajstić information content (AvgIpc) is 2.30. The van der Waals surface area contributed by atoms with Crippen LogP contribution in [0.25, 0.3) is 4.98 Å². The summed E-state index contributed by atoms with van der Waals surface area (Å²) in [5, 5.41) is 16.8. The largest absolute Gasteiger partial charge is 0.557 e. The van der Waals surface area contributed by atoms with Crippen molar-refractivity contribution in [3.63, 3.8) is 0 Å². The van der Waals surface area contributed by atoms with Gasteiger partial charge >= 0.3 is 11.0 Å². The molecule has 0 atom stereocenters. The summed E-state index contributed by atoms with van der Waals surface area (Å²) in [6, 6.07) is 7.26. The van der Waals surface area contributed by atoms with Crippen LogP contribution >= 0.6 is 0 Å². The Labute approximate surface area is 92.3 Å². The van der Waals surface area contributed by atoms with Crippen molar-refractivity contribution in [2.24, 2.45) is 0 Å². The summed E-state index contributed by atoms with van der Waals surface area (Å²) in [7, 11) is -3.02. The second kappa shape index (κ2) is 4.63. The Morgan fingerprint density at radius 1 is 1.38 bits per heavy atom. The molecule has 0 fully saturated rings. The number of methoxy groups -OCH3 is 1. The van der Waals surface area contributed by atoms with Crippen molar-refractivity contribution in [1.82, 2.24) is 0 Å². The van der Waals surface area contributed by atoms with Crippen LogP contribution in [0.5, 0.6) is 0 Å². The molecular weight excluding hydrogens is 232 g/mol. The lowest BCUT2D eigenvalue weighted by Gasteiger charge is -1.97. The van der Waals surface area contributed by atoms with Crippen LogP contribution in [0.1, 0.15) is 0 Å². The molecule has 0 spiro atoms. The molecule has 6 nitrogen and oxygen atoms in total. The lowest BCUT2D eigenvalue weighted by atomic mass is 10.4. The van der Waals surface area contributed by atoms with E-state index in [2.05, 4.69) is 9.71 Å². The van der Waals surface area contributed by atoms with Crippen molar-refractivity contribution < 1.29 is 18.3 Å². The van der Waals surface area contributed by atoms with Gasteiger partial charge in [-0.15, -0.1) is 0 Å². The minimum atomic E-state index is -4.07. The Hall–Kier alpha value is -2.07. The van der Waals surface area contributed by atoms with E-state index < -0.39 is 20.8 Å². The van der Waals surface area contributed by atoms with Gasteiger partial charge < -0.3 is 9.84 Å². The molecule has 0 saturated heterocycles. The molecule has 1 N–H and O–H groups in total. The summed E-state index contributed by atoms with van der Waals surface area (Å²) in [5.41, 5.74) is 0. The quantitative estimate of drug-likeness (QED) is 0.641. The van der Waals surface area contributed by atoms with Gasteiger partial charge in [0.2, 0.25) is 5.39 Å². The van der Waals surface area contributed by atoms with E-state index in [9.17, 15) is 8.42 Å². The van der Waals surface area contributed by atoms with E-state index in [0.29, 0.717) is 0 Å². The van der Waals surface area contributed by atoms with Crippen molar-refractivity contribution in [2.75, 3.05) is 7.11 Å². The van der Waals surface area contributed by atoms with Gasteiger partial charge in [-0.2, -0.15) is 0 Å². The maximum Gasteiger partial charge on any atom is 0.557 e. The molecule has 0 heterocycles. The highest BCUT2D eigenvalue weighted by Gasteiger charge is 2.38. The number of nitrogens with zero attached hydrogens (tertiary/aromatic N) is 2. The fraction of sp³-hybridized carbons (Fsp3) is 0.111. The van der Waals surface area contributed by atoms with Crippen LogP contribution in [0.15, 0.2) is 46.2 Å². The number of benzene rings is 1. The molecule has 0 aliphatic heterocycles. The third-order valence-corrected chi connectivity index (χ3v) is 3.43. The second-order valence-corrected chi connectivity index (χ2v) is 4.60. The van der Waals surface area contributed by atoms with Gasteiger partial charge in [-0.3, -0.25) is 0 Å². The summed E-state index contributed by atoms with van der Waals surface area (Å²) in [6.45, 7) is 0. The minimum absolute atomic E-state index is 0.105. The predicted molar refractivity (Wildman–Crippen MR) is 55.4 cm³/mol. The Kier molecular flexibility index (Phi) is 3.48. The number of sulfone groups is 1. The third-order valence-electron chi connectivity index (χ3n) is 1.78. The van der Waals surface area contributed by atoms with Gasteiger partial charge in [0.05, 0.1) is 12.0 Å². The number of aliphatic hydroxyl groups excluding tert-OH is 1. The molecule has 0 saturated carbocycles. The monoisotopic (exact) mass is 241 g/mol. The summed E-state index contributed by atoms with van der Waals surface area (Å²) in [4.78, 5) is 2.42. The van der Waals surface area contributed by atoms with Gasteiger partial charge in [-0.1, -0.05) is 18.2 Å². The molecule has 16 heavy (non-hydrogen) atoms. The summed E-state index contributed by atoms with van der Waals surface area (Å²) in [6.07, 6.45) is 0. The van der Waals surface area contributed by atoms with Crippen molar-refractivity contribution in [3.05, 3.63) is 46.3 Å². The van der Waals surface area contributed by atoms with Crippen molar-refractivity contribution in [1.29, 1.82) is 5.39 Å². The fourth-order valence-corrected chi connectivity index (χ4v) is 2.17. The maximum atomic E-state index is 11.8. The number of aliphatic hydroxyl groups is 1. The number of diazo groups is 1. The zero-order chi connectivity index (χ0) is 12.2. The zero-order valence-corrected chi connectivity index (χ0v) is 9.18. The molecular formula is C9H9N2O4S+. The van der Waals surface area contributed by atoms with Gasteiger partial charge in [-0.05, 0) is 12.1 Å². The van der Waals surface area contributed by atoms with E-state index in [4.69, 9.17) is 10.5 Å². The average molecular weight is 241 g/mol. The van der Waals surface area contributed by atoms with E-state index in [1.807, 2.05) is 0 Å². The first-order valence-electron chi connectivity index (χ1n) is 4.16. The van der Waals surface area contributed by atoms with Crippen LogP contribution < -0.4 is 0 Å². The predicted octanol–water partition coefficient (Wildman–Crippen LogP) is 1.64. The molecule has 7 heteroatoms. The van der Waals surface area contributed by atoms with Crippen LogP contribution in [-0.2, 0) is 14.6 Å². The van der Waals surface area contributed by atoms with Crippen LogP contribution in [0.2, 0.25) is 0 Å². The molecule has 0 aromatic heterocycles. The Balaban J connectivity index is 3.40. The van der Waals surface area contributed by atoms with Crippen LogP contribution in [-0.4, -0.2) is 20.6 Å². The molecule has 1 rings (SSSR count). The lowest BCUT2D eigenvalue weighted by molar-refractivity contribution is 0.134.